The van der Waals surface area contributed by atoms with Gasteiger partial charge in [0.25, 0.3) is 10.2 Å². The lowest BCUT2D eigenvalue weighted by Gasteiger charge is -2.29. The molecule has 0 radical (unpaired) electrons. The lowest BCUT2D eigenvalue weighted by molar-refractivity contribution is -0.142. The molecule has 1 rings (SSSR count). The molecule has 0 atom stereocenters. The van der Waals surface area contributed by atoms with E-state index in [4.69, 9.17) is 5.11 Å². The van der Waals surface area contributed by atoms with Crippen molar-refractivity contribution in [3.63, 3.8) is 0 Å². The highest BCUT2D eigenvalue weighted by Gasteiger charge is 2.30. The van der Waals surface area contributed by atoms with Gasteiger partial charge in [-0.2, -0.15) is 24.5 Å². The third-order valence-corrected chi connectivity index (χ3v) is 4.96. The second-order valence-corrected chi connectivity index (χ2v) is 6.64. The van der Waals surface area contributed by atoms with Crippen LogP contribution in [-0.4, -0.2) is 55.4 Å². The number of rotatable bonds is 6. The molecule has 0 aromatic heterocycles. The third kappa shape index (κ3) is 4.46. The van der Waals surface area contributed by atoms with E-state index in [0.29, 0.717) is 19.4 Å². The van der Waals surface area contributed by atoms with E-state index in [1.54, 1.807) is 11.8 Å². The number of carboxylic acids is 1. The number of nitrogens with one attached hydrogen (secondary N) is 1. The van der Waals surface area contributed by atoms with Crippen molar-refractivity contribution in [1.82, 2.24) is 9.03 Å². The van der Waals surface area contributed by atoms with Crippen LogP contribution in [0, 0.1) is 5.92 Å². The first kappa shape index (κ1) is 14.7. The Morgan fingerprint density at radius 1 is 1.47 bits per heavy atom. The number of nitrogens with zero attached hydrogens (tertiary/aromatic N) is 1. The van der Waals surface area contributed by atoms with Gasteiger partial charge in [0.15, 0.2) is 0 Å². The van der Waals surface area contributed by atoms with Crippen LogP contribution in [0.4, 0.5) is 0 Å². The molecule has 0 aromatic rings. The topological polar surface area (TPSA) is 86.7 Å². The number of carbonyl (C=O) groups is 1. The molecule has 0 amide bonds. The molecule has 100 valence electrons. The SMILES string of the molecule is CSCCNS(=O)(=O)N1CCC(C(=O)O)CC1. The van der Waals surface area contributed by atoms with Gasteiger partial charge >= 0.3 is 5.97 Å². The van der Waals surface area contributed by atoms with Crippen LogP contribution in [0.5, 0.6) is 0 Å². The number of hydrogen-bond donors (Lipinski definition) is 2. The quantitative estimate of drug-likeness (QED) is 0.669. The molecule has 1 heterocycles. The highest BCUT2D eigenvalue weighted by molar-refractivity contribution is 7.98. The van der Waals surface area contributed by atoms with Crippen molar-refractivity contribution in [2.45, 2.75) is 12.8 Å². The predicted molar refractivity (Wildman–Crippen MR) is 67.2 cm³/mol. The Kier molecular flexibility index (Phi) is 5.71. The Balaban J connectivity index is 2.44. The fraction of sp³-hybridized carbons (Fsp3) is 0.889. The minimum Gasteiger partial charge on any atom is -0.481 e. The average molecular weight is 282 g/mol. The lowest BCUT2D eigenvalue weighted by atomic mass is 9.99. The normalized spacial score (nSPS) is 19.4. The predicted octanol–water partition coefficient (Wildman–Crippen LogP) is -0.0196. The highest BCUT2D eigenvalue weighted by Crippen LogP contribution is 2.18. The van der Waals surface area contributed by atoms with Crippen LogP contribution in [0.2, 0.25) is 0 Å². The molecule has 17 heavy (non-hydrogen) atoms. The number of aliphatic carboxylic acids is 1. The number of piperidine rings is 1. The van der Waals surface area contributed by atoms with E-state index in [1.807, 2.05) is 6.26 Å². The van der Waals surface area contributed by atoms with Crippen LogP contribution in [0.25, 0.3) is 0 Å². The molecule has 6 nitrogen and oxygen atoms in total. The summed E-state index contributed by atoms with van der Waals surface area (Å²) in [4.78, 5) is 10.7. The van der Waals surface area contributed by atoms with Gasteiger partial charge in [0, 0.05) is 25.4 Å². The summed E-state index contributed by atoms with van der Waals surface area (Å²) in [7, 11) is -3.43. The summed E-state index contributed by atoms with van der Waals surface area (Å²) in [6.07, 6.45) is 2.68. The van der Waals surface area contributed by atoms with Crippen LogP contribution in [0.15, 0.2) is 0 Å². The molecule has 0 unspecified atom stereocenters. The van der Waals surface area contributed by atoms with Gasteiger partial charge in [-0.25, -0.2) is 4.72 Å². The average Bonchev–Trinajstić information content (AvgIpc) is 2.29. The Labute approximate surface area is 106 Å². The molecular formula is C9H18N2O4S2. The van der Waals surface area contributed by atoms with Gasteiger partial charge in [0.1, 0.15) is 0 Å². The standard InChI is InChI=1S/C9H18N2O4S2/c1-16-7-4-10-17(14,15)11-5-2-8(3-6-11)9(12)13/h8,10H,2-7H2,1H3,(H,12,13). The largest absolute Gasteiger partial charge is 0.481 e. The summed E-state index contributed by atoms with van der Waals surface area (Å²) in [6.45, 7) is 0.972. The second kappa shape index (κ2) is 6.58. The first-order valence-electron chi connectivity index (χ1n) is 5.44. The molecule has 0 saturated carbocycles. The molecule has 1 saturated heterocycles. The van der Waals surface area contributed by atoms with Gasteiger partial charge in [0.05, 0.1) is 5.92 Å². The van der Waals surface area contributed by atoms with Crippen LogP contribution >= 0.6 is 11.8 Å². The molecule has 0 aromatic carbocycles. The summed E-state index contributed by atoms with van der Waals surface area (Å²) in [5.74, 6) is -0.518. The van der Waals surface area contributed by atoms with Crippen molar-refractivity contribution in [2.75, 3.05) is 31.6 Å². The number of carboxylic acid groups (broad SMARTS) is 1. The molecule has 1 aliphatic rings. The van der Waals surface area contributed by atoms with Crippen molar-refractivity contribution in [3.8, 4) is 0 Å². The van der Waals surface area contributed by atoms with Crippen molar-refractivity contribution < 1.29 is 18.3 Å². The van der Waals surface area contributed by atoms with E-state index in [2.05, 4.69) is 4.72 Å². The van der Waals surface area contributed by atoms with E-state index >= 15 is 0 Å². The van der Waals surface area contributed by atoms with E-state index in [-0.39, 0.29) is 13.1 Å². The minimum atomic E-state index is -3.43. The van der Waals surface area contributed by atoms with E-state index < -0.39 is 22.1 Å². The Morgan fingerprint density at radius 3 is 2.53 bits per heavy atom. The lowest BCUT2D eigenvalue weighted by Crippen LogP contribution is -2.46. The van der Waals surface area contributed by atoms with Gasteiger partial charge in [-0.1, -0.05) is 0 Å². The molecule has 8 heteroatoms. The smallest absolute Gasteiger partial charge is 0.306 e. The Bertz CT molecular complexity index is 350. The van der Waals surface area contributed by atoms with Gasteiger partial charge in [0.2, 0.25) is 0 Å². The maximum absolute atomic E-state index is 11.8. The fourth-order valence-corrected chi connectivity index (χ4v) is 3.38. The van der Waals surface area contributed by atoms with Crippen molar-refractivity contribution in [2.24, 2.45) is 5.92 Å². The molecule has 0 bridgehead atoms. The van der Waals surface area contributed by atoms with E-state index in [9.17, 15) is 13.2 Å². The van der Waals surface area contributed by atoms with Gasteiger partial charge in [-0.05, 0) is 19.1 Å². The first-order chi connectivity index (χ1) is 7.97. The summed E-state index contributed by atoms with van der Waals surface area (Å²) in [5, 5.41) is 8.81. The van der Waals surface area contributed by atoms with Gasteiger partial charge < -0.3 is 5.11 Å². The van der Waals surface area contributed by atoms with Crippen molar-refractivity contribution in [1.29, 1.82) is 0 Å². The zero-order valence-electron chi connectivity index (χ0n) is 9.76. The van der Waals surface area contributed by atoms with E-state index in [0.717, 1.165) is 5.75 Å². The maximum Gasteiger partial charge on any atom is 0.306 e. The maximum atomic E-state index is 11.8. The molecule has 2 N–H and O–H groups in total. The van der Waals surface area contributed by atoms with Gasteiger partial charge in [-0.3, -0.25) is 4.79 Å². The first-order valence-corrected chi connectivity index (χ1v) is 8.27. The third-order valence-electron chi connectivity index (χ3n) is 2.73. The zero-order chi connectivity index (χ0) is 12.9. The van der Waals surface area contributed by atoms with Crippen LogP contribution < -0.4 is 4.72 Å². The minimum absolute atomic E-state index is 0.283. The summed E-state index contributed by atoms with van der Waals surface area (Å²) in [5.41, 5.74) is 0. The zero-order valence-corrected chi connectivity index (χ0v) is 11.4. The molecular weight excluding hydrogens is 264 g/mol. The fourth-order valence-electron chi connectivity index (χ4n) is 1.71. The molecule has 1 aliphatic heterocycles. The van der Waals surface area contributed by atoms with Crippen LogP contribution in [0.1, 0.15) is 12.8 Å². The van der Waals surface area contributed by atoms with Gasteiger partial charge in [-0.15, -0.1) is 0 Å². The summed E-state index contributed by atoms with van der Waals surface area (Å²) < 4.78 is 27.4. The Morgan fingerprint density at radius 2 is 2.06 bits per heavy atom. The Hall–Kier alpha value is -0.310. The van der Waals surface area contributed by atoms with Crippen LogP contribution in [-0.2, 0) is 15.0 Å². The summed E-state index contributed by atoms with van der Waals surface area (Å²) in [6, 6.07) is 0. The van der Waals surface area contributed by atoms with E-state index in [1.165, 1.54) is 4.31 Å². The number of thioether (sulfide) groups is 1. The van der Waals surface area contributed by atoms with Crippen molar-refractivity contribution >= 4 is 27.9 Å². The molecule has 0 aliphatic carbocycles. The van der Waals surface area contributed by atoms with Crippen molar-refractivity contribution in [3.05, 3.63) is 0 Å². The summed E-state index contributed by atoms with van der Waals surface area (Å²) >= 11 is 1.57. The van der Waals surface area contributed by atoms with Crippen LogP contribution in [0.3, 0.4) is 0 Å². The molecule has 0 spiro atoms. The number of hydrogen-bond acceptors (Lipinski definition) is 4. The molecule has 1 fully saturated rings. The highest BCUT2D eigenvalue weighted by atomic mass is 32.2. The second-order valence-electron chi connectivity index (χ2n) is 3.90. The monoisotopic (exact) mass is 282 g/mol.